The van der Waals surface area contributed by atoms with Gasteiger partial charge in [0.2, 0.25) is 0 Å². The molecule has 6 unspecified atom stereocenters. The largest absolute Gasteiger partial charge is 0.462 e. The fraction of sp³-hybridized carbons (Fsp3) is 0.842. The van der Waals surface area contributed by atoms with Crippen LogP contribution >= 0.6 is 0 Å². The lowest BCUT2D eigenvalue weighted by Gasteiger charge is -2.18. The zero-order chi connectivity index (χ0) is 47.1. The smallest absolute Gasteiger partial charge is 0.306 e. The number of carbonyl (C=O) groups is 3. The highest BCUT2D eigenvalue weighted by atomic mass is 16.6. The van der Waals surface area contributed by atoms with Gasteiger partial charge in [0.15, 0.2) is 6.10 Å². The lowest BCUT2D eigenvalue weighted by Crippen LogP contribution is -2.30. The Hall–Kier alpha value is -2.49. The maximum Gasteiger partial charge on any atom is 0.306 e. The van der Waals surface area contributed by atoms with Crippen molar-refractivity contribution in [2.75, 3.05) is 13.2 Å². The van der Waals surface area contributed by atoms with Gasteiger partial charge in [-0.1, -0.05) is 173 Å². The molecular weight excluding hydrogens is 829 g/mol. The number of rotatable bonds is 47. The predicted molar refractivity (Wildman–Crippen MR) is 268 cm³/mol. The molecule has 9 heteroatoms. The van der Waals surface area contributed by atoms with Gasteiger partial charge in [0.25, 0.3) is 0 Å². The Balaban J connectivity index is 1.22. The van der Waals surface area contributed by atoms with Crippen molar-refractivity contribution in [1.82, 2.24) is 0 Å². The zero-order valence-electron chi connectivity index (χ0n) is 42.5. The van der Waals surface area contributed by atoms with Gasteiger partial charge < -0.3 is 28.4 Å². The molecule has 0 aromatic rings. The van der Waals surface area contributed by atoms with Crippen molar-refractivity contribution in [2.45, 2.75) is 295 Å². The molecule has 0 aromatic heterocycles. The maximum absolute atomic E-state index is 12.9. The van der Waals surface area contributed by atoms with Gasteiger partial charge in [0, 0.05) is 19.3 Å². The van der Waals surface area contributed by atoms with E-state index in [1.807, 2.05) is 0 Å². The van der Waals surface area contributed by atoms with Crippen LogP contribution in [0.5, 0.6) is 0 Å². The van der Waals surface area contributed by atoms with E-state index in [2.05, 4.69) is 57.2 Å². The monoisotopic (exact) mass is 927 g/mol. The molecule has 0 aliphatic carbocycles. The molecule has 6 atom stereocenters. The van der Waals surface area contributed by atoms with Crippen molar-refractivity contribution in [2.24, 2.45) is 0 Å². The summed E-state index contributed by atoms with van der Waals surface area (Å²) in [6, 6.07) is 0. The molecule has 9 nitrogen and oxygen atoms in total. The molecule has 3 saturated heterocycles. The second-order valence-corrected chi connectivity index (χ2v) is 19.6. The second kappa shape index (κ2) is 39.4. The van der Waals surface area contributed by atoms with Crippen LogP contribution in [0.2, 0.25) is 0 Å². The van der Waals surface area contributed by atoms with Gasteiger partial charge in [-0.05, 0) is 96.3 Å². The molecule has 0 aromatic carbocycles. The van der Waals surface area contributed by atoms with Crippen LogP contribution in [-0.4, -0.2) is 73.8 Å². The highest BCUT2D eigenvalue weighted by molar-refractivity contribution is 5.71. The molecule has 0 saturated carbocycles. The number of carbonyl (C=O) groups excluding carboxylic acids is 3. The quantitative estimate of drug-likeness (QED) is 0.0193. The Morgan fingerprint density at radius 1 is 0.379 bits per heavy atom. The topological polar surface area (TPSA) is 116 Å². The fourth-order valence-corrected chi connectivity index (χ4v) is 8.82. The van der Waals surface area contributed by atoms with Gasteiger partial charge in [-0.2, -0.15) is 0 Å². The number of hydrogen-bond acceptors (Lipinski definition) is 9. The standard InChI is InChI=1S/C57H98O9/c1-4-7-28-37-49-52(64-49)40-31-22-16-10-13-19-25-34-43-55(58)61-46-48(63-57(60)45-36-27-21-15-12-18-24-33-42-54-51(66-54)39-30-9-6-3)47-62-56(59)44-35-26-20-14-11-17-23-32-41-53-50(65-53)38-29-8-5-2/h22-24,31-33,48-54H,4-21,25-30,34-47H2,1-3H3/b31-22+,32-23+,33-24+. The molecule has 3 aliphatic rings. The van der Waals surface area contributed by atoms with Crippen LogP contribution in [0.15, 0.2) is 36.5 Å². The molecule has 3 rings (SSSR count). The van der Waals surface area contributed by atoms with E-state index >= 15 is 0 Å². The zero-order valence-corrected chi connectivity index (χ0v) is 42.5. The van der Waals surface area contributed by atoms with Crippen molar-refractivity contribution in [3.8, 4) is 0 Å². The molecule has 66 heavy (non-hydrogen) atoms. The molecule has 380 valence electrons. The van der Waals surface area contributed by atoms with Crippen LogP contribution in [0.3, 0.4) is 0 Å². The van der Waals surface area contributed by atoms with E-state index in [-0.39, 0.29) is 31.1 Å². The minimum Gasteiger partial charge on any atom is -0.462 e. The average Bonchev–Trinajstić information content (AvgIpc) is 4.26. The van der Waals surface area contributed by atoms with Crippen molar-refractivity contribution < 1.29 is 42.8 Å². The Morgan fingerprint density at radius 3 is 1.05 bits per heavy atom. The van der Waals surface area contributed by atoms with Crippen LogP contribution in [0.1, 0.15) is 252 Å². The summed E-state index contributed by atoms with van der Waals surface area (Å²) in [6.07, 6.45) is 53.4. The van der Waals surface area contributed by atoms with Gasteiger partial charge in [-0.3, -0.25) is 14.4 Å². The van der Waals surface area contributed by atoms with E-state index < -0.39 is 6.10 Å². The first kappa shape index (κ1) is 57.8. The van der Waals surface area contributed by atoms with Gasteiger partial charge in [0.05, 0.1) is 36.6 Å². The molecule has 0 N–H and O–H groups in total. The van der Waals surface area contributed by atoms with Crippen molar-refractivity contribution in [1.29, 1.82) is 0 Å². The van der Waals surface area contributed by atoms with Crippen LogP contribution in [0, 0.1) is 0 Å². The van der Waals surface area contributed by atoms with E-state index in [1.54, 1.807) is 0 Å². The number of epoxide rings is 3. The van der Waals surface area contributed by atoms with Crippen molar-refractivity contribution in [3.63, 3.8) is 0 Å². The number of allylic oxidation sites excluding steroid dienone is 3. The SMILES string of the molecule is CCCCCC1OC1C/C=C/CCCCCCCC(=O)OCC(COC(=O)CCCCCCC/C=C/CC1OC1CCCCC)OC(=O)CCCCCCC/C=C/CC1OC1CCCCC. The number of hydrogen-bond donors (Lipinski definition) is 0. The summed E-state index contributed by atoms with van der Waals surface area (Å²) in [6.45, 7) is 6.51. The Morgan fingerprint density at radius 2 is 0.697 bits per heavy atom. The molecule has 0 radical (unpaired) electrons. The molecule has 0 bridgehead atoms. The molecule has 3 aliphatic heterocycles. The highest BCUT2D eigenvalue weighted by Gasteiger charge is 2.37. The Kier molecular flexibility index (Phi) is 34.5. The number of esters is 3. The first-order valence-corrected chi connectivity index (χ1v) is 27.8. The Bertz CT molecular complexity index is 1240. The third kappa shape index (κ3) is 32.3. The fourth-order valence-electron chi connectivity index (χ4n) is 8.82. The lowest BCUT2D eigenvalue weighted by molar-refractivity contribution is -0.167. The molecule has 3 heterocycles. The van der Waals surface area contributed by atoms with Crippen LogP contribution < -0.4 is 0 Å². The molecule has 0 amide bonds. The molecular formula is C57H98O9. The van der Waals surface area contributed by atoms with Crippen LogP contribution in [-0.2, 0) is 42.8 Å². The normalized spacial score (nSPS) is 21.5. The van der Waals surface area contributed by atoms with Gasteiger partial charge in [0.1, 0.15) is 13.2 Å². The van der Waals surface area contributed by atoms with Crippen molar-refractivity contribution in [3.05, 3.63) is 36.5 Å². The van der Waals surface area contributed by atoms with E-state index in [1.165, 1.54) is 77.0 Å². The third-order valence-corrected chi connectivity index (χ3v) is 13.4. The third-order valence-electron chi connectivity index (χ3n) is 13.4. The molecule has 3 fully saturated rings. The minimum absolute atomic E-state index is 0.100. The number of unbranched alkanes of at least 4 members (excludes halogenated alkanes) is 21. The predicted octanol–water partition coefficient (Wildman–Crippen LogP) is 15.1. The lowest BCUT2D eigenvalue weighted by atomic mass is 10.1. The highest BCUT2D eigenvalue weighted by Crippen LogP contribution is 2.32. The summed E-state index contributed by atoms with van der Waals surface area (Å²) < 4.78 is 34.2. The summed E-state index contributed by atoms with van der Waals surface area (Å²) in [4.78, 5) is 38.2. The summed E-state index contributed by atoms with van der Waals surface area (Å²) in [7, 11) is 0. The first-order valence-electron chi connectivity index (χ1n) is 27.8. The number of ether oxygens (including phenoxy) is 6. The first-order chi connectivity index (χ1) is 32.4. The van der Waals surface area contributed by atoms with Crippen molar-refractivity contribution >= 4 is 17.9 Å². The second-order valence-electron chi connectivity index (χ2n) is 19.6. The minimum atomic E-state index is -0.803. The Labute approximate surface area is 403 Å². The van der Waals surface area contributed by atoms with E-state index in [0.29, 0.717) is 55.9 Å². The van der Waals surface area contributed by atoms with E-state index in [0.717, 1.165) is 135 Å². The molecule has 0 spiro atoms. The van der Waals surface area contributed by atoms with E-state index in [4.69, 9.17) is 28.4 Å². The van der Waals surface area contributed by atoms with E-state index in [9.17, 15) is 14.4 Å². The summed E-state index contributed by atoms with van der Waals surface area (Å²) in [5.41, 5.74) is 0. The average molecular weight is 927 g/mol. The van der Waals surface area contributed by atoms with Gasteiger partial charge in [-0.25, -0.2) is 0 Å². The summed E-state index contributed by atoms with van der Waals surface area (Å²) in [5, 5.41) is 0. The van der Waals surface area contributed by atoms with Gasteiger partial charge >= 0.3 is 17.9 Å². The van der Waals surface area contributed by atoms with Crippen LogP contribution in [0.25, 0.3) is 0 Å². The van der Waals surface area contributed by atoms with Gasteiger partial charge in [-0.15, -0.1) is 0 Å². The maximum atomic E-state index is 12.9. The summed E-state index contributed by atoms with van der Waals surface area (Å²) >= 11 is 0. The summed E-state index contributed by atoms with van der Waals surface area (Å²) in [5.74, 6) is -0.946. The van der Waals surface area contributed by atoms with Crippen LogP contribution in [0.4, 0.5) is 0 Å².